The lowest BCUT2D eigenvalue weighted by atomic mass is 9.92. The molecule has 2 heterocycles. The number of amides is 2. The summed E-state index contributed by atoms with van der Waals surface area (Å²) in [6, 6.07) is 10.5. The molecule has 1 fully saturated rings. The van der Waals surface area contributed by atoms with Crippen LogP contribution in [0.5, 0.6) is 11.5 Å². The van der Waals surface area contributed by atoms with Crippen molar-refractivity contribution < 1.29 is 32.0 Å². The molecular weight excluding hydrogens is 507 g/mol. The van der Waals surface area contributed by atoms with Crippen LogP contribution in [0.25, 0.3) is 11.4 Å². The molecule has 0 spiro atoms. The summed E-state index contributed by atoms with van der Waals surface area (Å²) in [5.41, 5.74) is -1.77. The van der Waals surface area contributed by atoms with Gasteiger partial charge in [-0.05, 0) is 36.2 Å². The minimum absolute atomic E-state index is 0.0524. The standard InChI is InChI=1S/C26H26F3N3O4S/c1-15(2)14-37-20-8-6-5-7-19(20)35-18-10-9-16(11-17(18)26(27,28)29)23-30-21(36-31-23)13-32-22(33)12-25(3,4)24(32)34/h5-11,15H,12-14H2,1-4H3. The highest BCUT2D eigenvalue weighted by Gasteiger charge is 2.45. The minimum Gasteiger partial charge on any atom is -0.456 e. The molecule has 2 amide bonds. The number of carbonyl (C=O) groups is 2. The number of thioether (sulfide) groups is 1. The van der Waals surface area contributed by atoms with Crippen molar-refractivity contribution in [1.29, 1.82) is 0 Å². The number of halogens is 3. The van der Waals surface area contributed by atoms with Crippen LogP contribution < -0.4 is 4.74 Å². The van der Waals surface area contributed by atoms with Crippen molar-refractivity contribution in [1.82, 2.24) is 15.0 Å². The van der Waals surface area contributed by atoms with Gasteiger partial charge in [0, 0.05) is 17.7 Å². The summed E-state index contributed by atoms with van der Waals surface area (Å²) >= 11 is 1.51. The molecule has 37 heavy (non-hydrogen) atoms. The minimum atomic E-state index is -4.71. The number of alkyl halides is 3. The second-order valence-corrected chi connectivity index (χ2v) is 10.9. The van der Waals surface area contributed by atoms with Gasteiger partial charge in [0.25, 0.3) is 0 Å². The number of ether oxygens (including phenoxy) is 1. The van der Waals surface area contributed by atoms with Gasteiger partial charge in [0.1, 0.15) is 18.0 Å². The number of para-hydroxylation sites is 1. The van der Waals surface area contributed by atoms with Crippen LogP contribution in [0.3, 0.4) is 0 Å². The van der Waals surface area contributed by atoms with Gasteiger partial charge in [0.15, 0.2) is 0 Å². The van der Waals surface area contributed by atoms with Crippen molar-refractivity contribution >= 4 is 23.6 Å². The van der Waals surface area contributed by atoms with Gasteiger partial charge >= 0.3 is 6.18 Å². The molecule has 1 aliphatic rings. The van der Waals surface area contributed by atoms with Crippen LogP contribution in [0.2, 0.25) is 0 Å². The third-order valence-corrected chi connectivity index (χ3v) is 7.15. The third kappa shape index (κ3) is 5.98. The van der Waals surface area contributed by atoms with Crippen LogP contribution in [0.1, 0.15) is 45.6 Å². The van der Waals surface area contributed by atoms with E-state index in [0.29, 0.717) is 11.7 Å². The van der Waals surface area contributed by atoms with E-state index in [1.165, 1.54) is 23.9 Å². The number of likely N-dealkylation sites (tertiary alicyclic amines) is 1. The molecule has 0 atom stereocenters. The predicted octanol–water partition coefficient (Wildman–Crippen LogP) is 6.58. The summed E-state index contributed by atoms with van der Waals surface area (Å²) in [4.78, 5) is 30.5. The summed E-state index contributed by atoms with van der Waals surface area (Å²) in [6.07, 6.45) is -4.65. The van der Waals surface area contributed by atoms with Crippen molar-refractivity contribution in [2.75, 3.05) is 5.75 Å². The van der Waals surface area contributed by atoms with Crippen LogP contribution in [-0.2, 0) is 22.3 Å². The maximum atomic E-state index is 14.0. The van der Waals surface area contributed by atoms with E-state index in [9.17, 15) is 22.8 Å². The van der Waals surface area contributed by atoms with Crippen molar-refractivity contribution in [3.8, 4) is 22.9 Å². The van der Waals surface area contributed by atoms with Gasteiger partial charge in [-0.2, -0.15) is 18.2 Å². The first-order chi connectivity index (χ1) is 17.3. The van der Waals surface area contributed by atoms with Crippen LogP contribution in [0.15, 0.2) is 51.9 Å². The van der Waals surface area contributed by atoms with Gasteiger partial charge in [-0.3, -0.25) is 14.5 Å². The van der Waals surface area contributed by atoms with E-state index in [-0.39, 0.29) is 47.8 Å². The lowest BCUT2D eigenvalue weighted by Crippen LogP contribution is -2.32. The third-order valence-electron chi connectivity index (χ3n) is 5.66. The Labute approximate surface area is 216 Å². The largest absolute Gasteiger partial charge is 0.456 e. The molecule has 0 unspecified atom stereocenters. The number of imide groups is 1. The zero-order valence-corrected chi connectivity index (χ0v) is 21.6. The maximum Gasteiger partial charge on any atom is 0.420 e. The van der Waals surface area contributed by atoms with Crippen LogP contribution in [0, 0.1) is 11.3 Å². The Morgan fingerprint density at radius 1 is 1.14 bits per heavy atom. The second kappa shape index (κ2) is 10.2. The monoisotopic (exact) mass is 533 g/mol. The lowest BCUT2D eigenvalue weighted by molar-refractivity contribution is -0.142. The molecule has 0 N–H and O–H groups in total. The Morgan fingerprint density at radius 2 is 1.86 bits per heavy atom. The summed E-state index contributed by atoms with van der Waals surface area (Å²) in [5.74, 6) is 0.267. The van der Waals surface area contributed by atoms with E-state index in [2.05, 4.69) is 24.0 Å². The van der Waals surface area contributed by atoms with E-state index >= 15 is 0 Å². The Hall–Kier alpha value is -3.34. The van der Waals surface area contributed by atoms with E-state index in [4.69, 9.17) is 9.26 Å². The van der Waals surface area contributed by atoms with Crippen LogP contribution in [0.4, 0.5) is 13.2 Å². The van der Waals surface area contributed by atoms with E-state index < -0.39 is 17.2 Å². The van der Waals surface area contributed by atoms with Crippen molar-refractivity contribution in [2.24, 2.45) is 11.3 Å². The highest BCUT2D eigenvalue weighted by Crippen LogP contribution is 2.42. The summed E-state index contributed by atoms with van der Waals surface area (Å²) in [7, 11) is 0. The molecule has 7 nitrogen and oxygen atoms in total. The average Bonchev–Trinajstić information content (AvgIpc) is 3.36. The molecule has 0 bridgehead atoms. The molecule has 0 radical (unpaired) electrons. The van der Waals surface area contributed by atoms with Gasteiger partial charge in [-0.1, -0.05) is 45.0 Å². The molecule has 1 aliphatic heterocycles. The van der Waals surface area contributed by atoms with Crippen molar-refractivity contribution in [2.45, 2.75) is 51.7 Å². The van der Waals surface area contributed by atoms with Crippen LogP contribution >= 0.6 is 11.8 Å². The van der Waals surface area contributed by atoms with Gasteiger partial charge in [-0.25, -0.2) is 0 Å². The van der Waals surface area contributed by atoms with Gasteiger partial charge < -0.3 is 9.26 Å². The number of rotatable bonds is 8. The highest BCUT2D eigenvalue weighted by molar-refractivity contribution is 7.99. The maximum absolute atomic E-state index is 14.0. The van der Waals surface area contributed by atoms with Gasteiger partial charge in [0.2, 0.25) is 23.5 Å². The first kappa shape index (κ1) is 26.7. The van der Waals surface area contributed by atoms with Gasteiger partial charge in [0.05, 0.1) is 15.9 Å². The number of aromatic nitrogens is 2. The number of benzene rings is 2. The molecule has 4 rings (SSSR count). The molecule has 0 saturated carbocycles. The Kier molecular flexibility index (Phi) is 7.36. The lowest BCUT2D eigenvalue weighted by Gasteiger charge is -2.16. The zero-order valence-electron chi connectivity index (χ0n) is 20.8. The Balaban J connectivity index is 1.59. The quantitative estimate of drug-likeness (QED) is 0.239. The molecule has 196 valence electrons. The summed E-state index contributed by atoms with van der Waals surface area (Å²) in [6.45, 7) is 7.20. The van der Waals surface area contributed by atoms with Crippen LogP contribution in [-0.4, -0.2) is 32.6 Å². The molecule has 0 aliphatic carbocycles. The highest BCUT2D eigenvalue weighted by atomic mass is 32.2. The SMILES string of the molecule is CC(C)CSc1ccccc1Oc1ccc(-c2noc(CN3C(=O)CC(C)(C)C3=O)n2)cc1C(F)(F)F. The number of hydrogen-bond acceptors (Lipinski definition) is 7. The number of hydrogen-bond donors (Lipinski definition) is 0. The van der Waals surface area contributed by atoms with E-state index in [1.807, 2.05) is 6.07 Å². The first-order valence-corrected chi connectivity index (χ1v) is 12.6. The molecule has 3 aromatic rings. The summed E-state index contributed by atoms with van der Waals surface area (Å²) in [5, 5.41) is 3.76. The van der Waals surface area contributed by atoms with Crippen molar-refractivity contribution in [3.63, 3.8) is 0 Å². The molecular formula is C26H26F3N3O4S. The number of nitrogens with zero attached hydrogens (tertiary/aromatic N) is 3. The molecule has 2 aromatic carbocycles. The number of carbonyl (C=O) groups excluding carboxylic acids is 2. The summed E-state index contributed by atoms with van der Waals surface area (Å²) < 4.78 is 52.9. The topological polar surface area (TPSA) is 85.5 Å². The van der Waals surface area contributed by atoms with Crippen molar-refractivity contribution in [3.05, 3.63) is 53.9 Å². The molecule has 11 heteroatoms. The van der Waals surface area contributed by atoms with E-state index in [1.54, 1.807) is 32.0 Å². The smallest absolute Gasteiger partial charge is 0.420 e. The Morgan fingerprint density at radius 3 is 2.51 bits per heavy atom. The fraction of sp³-hybridized carbons (Fsp3) is 0.385. The zero-order chi connectivity index (χ0) is 27.0. The Bertz CT molecular complexity index is 1320. The predicted molar refractivity (Wildman–Crippen MR) is 131 cm³/mol. The normalized spacial score (nSPS) is 15.6. The molecule has 1 aromatic heterocycles. The van der Waals surface area contributed by atoms with E-state index in [0.717, 1.165) is 21.6 Å². The fourth-order valence-corrected chi connectivity index (χ4v) is 4.71. The average molecular weight is 534 g/mol. The fourth-order valence-electron chi connectivity index (χ4n) is 3.77. The molecule has 1 saturated heterocycles. The first-order valence-electron chi connectivity index (χ1n) is 11.6. The van der Waals surface area contributed by atoms with Gasteiger partial charge in [-0.15, -0.1) is 11.8 Å². The second-order valence-electron chi connectivity index (χ2n) is 9.82.